The molecule has 1 aromatic carbocycles. The average molecular weight is 272 g/mol. The van der Waals surface area contributed by atoms with Crippen LogP contribution in [0.1, 0.15) is 18.9 Å². The Kier molecular flexibility index (Phi) is 3.49. The minimum absolute atomic E-state index is 0.0322. The van der Waals surface area contributed by atoms with Gasteiger partial charge in [-0.1, -0.05) is 30.3 Å². The summed E-state index contributed by atoms with van der Waals surface area (Å²) in [4.78, 5) is 14.1. The first-order valence-corrected chi connectivity index (χ1v) is 7.05. The van der Waals surface area contributed by atoms with Crippen LogP contribution in [0.15, 0.2) is 42.2 Å². The highest BCUT2D eigenvalue weighted by Crippen LogP contribution is 2.25. The summed E-state index contributed by atoms with van der Waals surface area (Å²) in [6, 6.07) is 9.95. The number of amides is 1. The Morgan fingerprint density at radius 2 is 2.10 bits per heavy atom. The van der Waals surface area contributed by atoms with E-state index in [-0.39, 0.29) is 24.2 Å². The Bertz CT molecular complexity index is 527. The van der Waals surface area contributed by atoms with Crippen LogP contribution in [0.5, 0.6) is 0 Å². The summed E-state index contributed by atoms with van der Waals surface area (Å²) in [5, 5.41) is 3.42. The quantitative estimate of drug-likeness (QED) is 0.910. The molecule has 2 unspecified atom stereocenters. The molecule has 2 aliphatic rings. The van der Waals surface area contributed by atoms with Crippen molar-refractivity contribution in [1.29, 1.82) is 0 Å². The predicted molar refractivity (Wildman–Crippen MR) is 76.9 cm³/mol. The van der Waals surface area contributed by atoms with Crippen molar-refractivity contribution in [3.63, 3.8) is 0 Å². The van der Waals surface area contributed by atoms with Crippen LogP contribution in [-0.2, 0) is 16.0 Å². The number of likely N-dealkylation sites (N-methyl/N-ethyl adjacent to an activating group) is 1. The molecule has 0 aliphatic carbocycles. The predicted octanol–water partition coefficient (Wildman–Crippen LogP) is 1.68. The first kappa shape index (κ1) is 13.2. The molecule has 0 spiro atoms. The van der Waals surface area contributed by atoms with Crippen molar-refractivity contribution in [3.05, 3.63) is 47.7 Å². The molecule has 0 aromatic heterocycles. The molecule has 20 heavy (non-hydrogen) atoms. The van der Waals surface area contributed by atoms with Crippen molar-refractivity contribution in [3.8, 4) is 0 Å². The van der Waals surface area contributed by atoms with Crippen LogP contribution in [0.25, 0.3) is 0 Å². The summed E-state index contributed by atoms with van der Waals surface area (Å²) in [6.07, 6.45) is 3.66. The molecule has 3 rings (SSSR count). The van der Waals surface area contributed by atoms with E-state index < -0.39 is 0 Å². The third kappa shape index (κ3) is 2.43. The van der Waals surface area contributed by atoms with Gasteiger partial charge >= 0.3 is 0 Å². The summed E-state index contributed by atoms with van der Waals surface area (Å²) in [5.74, 6) is 1.09. The first-order chi connectivity index (χ1) is 9.65. The fourth-order valence-corrected chi connectivity index (χ4v) is 2.94. The Labute approximate surface area is 119 Å². The van der Waals surface area contributed by atoms with E-state index in [1.54, 1.807) is 4.90 Å². The molecular weight excluding hydrogens is 252 g/mol. The van der Waals surface area contributed by atoms with Crippen molar-refractivity contribution in [2.75, 3.05) is 7.05 Å². The van der Waals surface area contributed by atoms with Gasteiger partial charge in [0.15, 0.2) is 0 Å². The van der Waals surface area contributed by atoms with Gasteiger partial charge in [-0.25, -0.2) is 0 Å². The molecule has 1 amide bonds. The SMILES string of the molecule is CC1=CC[C@@H](C2NC(Cc3ccccc3)C(=O)N2C)O1. The molecule has 2 heterocycles. The number of nitrogens with one attached hydrogen (secondary N) is 1. The zero-order valence-corrected chi connectivity index (χ0v) is 11.9. The molecule has 2 aliphatic heterocycles. The van der Waals surface area contributed by atoms with E-state index in [2.05, 4.69) is 23.5 Å². The fraction of sp³-hybridized carbons (Fsp3) is 0.438. The summed E-state index contributed by atoms with van der Waals surface area (Å²) in [7, 11) is 1.85. The number of benzene rings is 1. The fourth-order valence-electron chi connectivity index (χ4n) is 2.94. The van der Waals surface area contributed by atoms with E-state index in [9.17, 15) is 4.79 Å². The Hall–Kier alpha value is -1.81. The second kappa shape index (κ2) is 5.29. The minimum atomic E-state index is -0.156. The molecule has 4 nitrogen and oxygen atoms in total. The highest BCUT2D eigenvalue weighted by atomic mass is 16.5. The summed E-state index contributed by atoms with van der Waals surface area (Å²) in [5.41, 5.74) is 1.18. The van der Waals surface area contributed by atoms with Crippen LogP contribution in [0.2, 0.25) is 0 Å². The maximum absolute atomic E-state index is 12.3. The third-order valence-electron chi connectivity index (χ3n) is 4.04. The number of carbonyl (C=O) groups excluding carboxylic acids is 1. The van der Waals surface area contributed by atoms with E-state index in [4.69, 9.17) is 4.74 Å². The maximum atomic E-state index is 12.3. The molecule has 4 heteroatoms. The smallest absolute Gasteiger partial charge is 0.241 e. The lowest BCUT2D eigenvalue weighted by Crippen LogP contribution is -2.45. The Morgan fingerprint density at radius 3 is 2.75 bits per heavy atom. The molecule has 1 aromatic rings. The lowest BCUT2D eigenvalue weighted by atomic mass is 10.1. The lowest BCUT2D eigenvalue weighted by Gasteiger charge is -2.25. The third-order valence-corrected chi connectivity index (χ3v) is 4.04. The molecular formula is C16H20N2O2. The van der Waals surface area contributed by atoms with Crippen LogP contribution in [-0.4, -0.2) is 36.2 Å². The Morgan fingerprint density at radius 1 is 1.35 bits per heavy atom. The maximum Gasteiger partial charge on any atom is 0.241 e. The van der Waals surface area contributed by atoms with Crippen LogP contribution in [0.3, 0.4) is 0 Å². The molecule has 0 radical (unpaired) electrons. The second-order valence-corrected chi connectivity index (χ2v) is 5.51. The van der Waals surface area contributed by atoms with E-state index in [0.29, 0.717) is 0 Å². The van der Waals surface area contributed by atoms with Gasteiger partial charge < -0.3 is 9.64 Å². The van der Waals surface area contributed by atoms with E-state index in [0.717, 1.165) is 18.6 Å². The van der Waals surface area contributed by atoms with Crippen LogP contribution >= 0.6 is 0 Å². The van der Waals surface area contributed by atoms with Gasteiger partial charge in [-0.15, -0.1) is 0 Å². The van der Waals surface area contributed by atoms with Gasteiger partial charge in [0.1, 0.15) is 12.3 Å². The molecule has 106 valence electrons. The molecule has 0 saturated carbocycles. The van der Waals surface area contributed by atoms with Gasteiger partial charge in [-0.2, -0.15) is 0 Å². The number of carbonyl (C=O) groups is 1. The topological polar surface area (TPSA) is 41.6 Å². The number of hydrogen-bond acceptors (Lipinski definition) is 3. The van der Waals surface area contributed by atoms with Crippen LogP contribution in [0.4, 0.5) is 0 Å². The molecule has 0 bridgehead atoms. The van der Waals surface area contributed by atoms with Crippen molar-refractivity contribution in [2.45, 2.75) is 38.1 Å². The number of nitrogens with zero attached hydrogens (tertiary/aromatic N) is 1. The van der Waals surface area contributed by atoms with Crippen LogP contribution < -0.4 is 5.32 Å². The van der Waals surface area contributed by atoms with Crippen molar-refractivity contribution in [2.24, 2.45) is 0 Å². The van der Waals surface area contributed by atoms with Gasteiger partial charge in [-0.05, 0) is 25.0 Å². The molecule has 1 fully saturated rings. The number of ether oxygens (including phenoxy) is 1. The summed E-state index contributed by atoms with van der Waals surface area (Å²) in [6.45, 7) is 1.96. The second-order valence-electron chi connectivity index (χ2n) is 5.51. The van der Waals surface area contributed by atoms with Gasteiger partial charge in [0, 0.05) is 13.5 Å². The monoisotopic (exact) mass is 272 g/mol. The standard InChI is InChI=1S/C16H20N2O2/c1-11-8-9-14(20-11)15-17-13(16(19)18(15)2)10-12-6-4-3-5-7-12/h3-8,13-15,17H,9-10H2,1-2H3/t13?,14-,15?/m0/s1. The van der Waals surface area contributed by atoms with E-state index in [1.807, 2.05) is 32.2 Å². The zero-order chi connectivity index (χ0) is 14.1. The van der Waals surface area contributed by atoms with Crippen molar-refractivity contribution in [1.82, 2.24) is 10.2 Å². The van der Waals surface area contributed by atoms with E-state index >= 15 is 0 Å². The largest absolute Gasteiger partial charge is 0.491 e. The van der Waals surface area contributed by atoms with Crippen molar-refractivity contribution < 1.29 is 9.53 Å². The van der Waals surface area contributed by atoms with Gasteiger partial charge in [0.25, 0.3) is 0 Å². The minimum Gasteiger partial charge on any atom is -0.491 e. The van der Waals surface area contributed by atoms with Gasteiger partial charge in [0.2, 0.25) is 5.91 Å². The van der Waals surface area contributed by atoms with Gasteiger partial charge in [0.05, 0.1) is 11.8 Å². The summed E-state index contributed by atoms with van der Waals surface area (Å²) < 4.78 is 5.77. The number of rotatable bonds is 3. The molecule has 1 N–H and O–H groups in total. The normalized spacial score (nSPS) is 29.5. The van der Waals surface area contributed by atoms with E-state index in [1.165, 1.54) is 5.56 Å². The zero-order valence-electron chi connectivity index (χ0n) is 11.9. The lowest BCUT2D eigenvalue weighted by molar-refractivity contribution is -0.129. The molecule has 1 saturated heterocycles. The van der Waals surface area contributed by atoms with Crippen LogP contribution in [0, 0.1) is 0 Å². The number of hydrogen-bond donors (Lipinski definition) is 1. The first-order valence-electron chi connectivity index (χ1n) is 7.05. The highest BCUT2D eigenvalue weighted by Gasteiger charge is 2.42. The summed E-state index contributed by atoms with van der Waals surface area (Å²) >= 11 is 0. The van der Waals surface area contributed by atoms with Gasteiger partial charge in [-0.3, -0.25) is 10.1 Å². The number of allylic oxidation sites excluding steroid dienone is 1. The Balaban J connectivity index is 1.68. The highest BCUT2D eigenvalue weighted by molar-refractivity contribution is 5.84. The van der Waals surface area contributed by atoms with Crippen molar-refractivity contribution >= 4 is 5.91 Å². The average Bonchev–Trinajstić information content (AvgIpc) is 2.99. The molecule has 3 atom stereocenters.